The molecule has 1 aliphatic rings. The number of benzene rings is 1. The molecule has 0 radical (unpaired) electrons. The van der Waals surface area contributed by atoms with Crippen molar-refractivity contribution in [3.05, 3.63) is 59.9 Å². The Hall–Kier alpha value is -3.29. The maximum absolute atomic E-state index is 14.6. The molecule has 1 saturated heterocycles. The summed E-state index contributed by atoms with van der Waals surface area (Å²) in [5, 5.41) is 2.41. The minimum absolute atomic E-state index is 0.0988. The number of halogens is 1. The lowest BCUT2D eigenvalue weighted by Gasteiger charge is -2.41. The maximum Gasteiger partial charge on any atom is 0.313 e. The fourth-order valence-corrected chi connectivity index (χ4v) is 3.33. The summed E-state index contributed by atoms with van der Waals surface area (Å²) >= 11 is 0. The van der Waals surface area contributed by atoms with Crippen LogP contribution in [0.15, 0.2) is 48.8 Å². The molecule has 0 aliphatic carbocycles. The summed E-state index contributed by atoms with van der Waals surface area (Å²) < 4.78 is 14.6. The van der Waals surface area contributed by atoms with E-state index in [9.17, 15) is 18.8 Å². The zero-order chi connectivity index (χ0) is 20.3. The molecule has 8 heteroatoms. The van der Waals surface area contributed by atoms with Gasteiger partial charge in [-0.05, 0) is 31.4 Å². The van der Waals surface area contributed by atoms with Crippen LogP contribution in [0.5, 0.6) is 0 Å². The number of piperidine rings is 1. The molecule has 0 unspecified atom stereocenters. The first kappa shape index (κ1) is 19.5. The van der Waals surface area contributed by atoms with Gasteiger partial charge in [0.1, 0.15) is 5.67 Å². The molecule has 1 aromatic heterocycles. The van der Waals surface area contributed by atoms with Crippen molar-refractivity contribution in [1.29, 1.82) is 0 Å². The molecule has 3 rings (SSSR count). The summed E-state index contributed by atoms with van der Waals surface area (Å²) in [4.78, 5) is 41.7. The van der Waals surface area contributed by atoms with Crippen LogP contribution < -0.4 is 11.1 Å². The fraction of sp³-hybridized carbons (Fsp3) is 0.300. The van der Waals surface area contributed by atoms with Gasteiger partial charge < -0.3 is 16.0 Å². The first-order valence-corrected chi connectivity index (χ1v) is 8.87. The number of nitrogens with two attached hydrogens (primary N) is 1. The molecule has 7 nitrogen and oxygen atoms in total. The van der Waals surface area contributed by atoms with Crippen LogP contribution in [0.4, 0.5) is 10.1 Å². The van der Waals surface area contributed by atoms with E-state index >= 15 is 0 Å². The number of hydrogen-bond acceptors (Lipinski definition) is 4. The van der Waals surface area contributed by atoms with Crippen molar-refractivity contribution in [2.24, 2.45) is 5.73 Å². The number of anilines is 1. The Bertz CT molecular complexity index is 901. The minimum atomic E-state index is -1.57. The summed E-state index contributed by atoms with van der Waals surface area (Å²) in [5.41, 5.74) is 4.72. The Morgan fingerprint density at radius 2 is 1.96 bits per heavy atom. The Morgan fingerprint density at radius 1 is 1.25 bits per heavy atom. The molecule has 1 aliphatic heterocycles. The molecule has 2 atom stereocenters. The van der Waals surface area contributed by atoms with Crippen molar-refractivity contribution in [2.45, 2.75) is 31.5 Å². The van der Waals surface area contributed by atoms with Gasteiger partial charge in [0.15, 0.2) is 0 Å². The van der Waals surface area contributed by atoms with Crippen LogP contribution in [0.25, 0.3) is 0 Å². The zero-order valence-electron chi connectivity index (χ0n) is 15.4. The average Bonchev–Trinajstić information content (AvgIpc) is 2.67. The number of pyridine rings is 1. The Kier molecular flexibility index (Phi) is 5.39. The number of likely N-dealkylation sites (tertiary alicyclic amines) is 1. The van der Waals surface area contributed by atoms with E-state index in [0.717, 1.165) is 5.56 Å². The second-order valence-electron chi connectivity index (χ2n) is 7.09. The van der Waals surface area contributed by atoms with Crippen LogP contribution in [-0.4, -0.2) is 39.8 Å². The van der Waals surface area contributed by atoms with Gasteiger partial charge in [0.25, 0.3) is 0 Å². The molecule has 1 aromatic carbocycles. The summed E-state index contributed by atoms with van der Waals surface area (Å²) in [6, 6.07) is 10.2. The molecule has 0 spiro atoms. The van der Waals surface area contributed by atoms with Crippen molar-refractivity contribution < 1.29 is 18.8 Å². The van der Waals surface area contributed by atoms with Gasteiger partial charge >= 0.3 is 11.8 Å². The third-order valence-corrected chi connectivity index (χ3v) is 4.74. The molecule has 146 valence electrons. The zero-order valence-corrected chi connectivity index (χ0v) is 15.4. The van der Waals surface area contributed by atoms with E-state index in [1.165, 1.54) is 30.3 Å². The van der Waals surface area contributed by atoms with Crippen molar-refractivity contribution >= 4 is 23.4 Å². The molecule has 3 amide bonds. The normalized spacial score (nSPS) is 21.8. The number of aromatic nitrogens is 1. The molecular formula is C20H21FN4O3. The number of carbonyl (C=O) groups is 3. The molecule has 0 bridgehead atoms. The number of hydrogen-bond donors (Lipinski definition) is 2. The van der Waals surface area contributed by atoms with Crippen molar-refractivity contribution in [3.8, 4) is 0 Å². The van der Waals surface area contributed by atoms with Gasteiger partial charge in [-0.25, -0.2) is 4.39 Å². The number of primary amides is 1. The predicted molar refractivity (Wildman–Crippen MR) is 101 cm³/mol. The van der Waals surface area contributed by atoms with Crippen LogP contribution in [0.1, 0.15) is 41.7 Å². The lowest BCUT2D eigenvalue weighted by molar-refractivity contribution is -0.148. The van der Waals surface area contributed by atoms with Gasteiger partial charge in [0, 0.05) is 6.20 Å². The fourth-order valence-electron chi connectivity index (χ4n) is 3.33. The Morgan fingerprint density at radius 3 is 2.64 bits per heavy atom. The number of rotatable bonds is 3. The molecule has 1 fully saturated rings. The highest BCUT2D eigenvalue weighted by Gasteiger charge is 2.41. The summed E-state index contributed by atoms with van der Waals surface area (Å²) in [6.07, 6.45) is 3.25. The highest BCUT2D eigenvalue weighted by molar-refractivity contribution is 6.39. The Labute approximate surface area is 161 Å². The molecule has 28 heavy (non-hydrogen) atoms. The Balaban J connectivity index is 1.81. The smallest absolute Gasteiger partial charge is 0.313 e. The highest BCUT2D eigenvalue weighted by atomic mass is 19.1. The van der Waals surface area contributed by atoms with Crippen LogP contribution in [0, 0.1) is 0 Å². The van der Waals surface area contributed by atoms with E-state index in [4.69, 9.17) is 5.73 Å². The standard InChI is InChI=1S/C20H21FN4O3/c1-20(21)8-7-16(13-5-3-2-4-6-13)25(12-20)19(28)18(27)24-15-9-14(17(22)26)10-23-11-15/h2-6,9-11,16H,7-8,12H2,1H3,(H2,22,26)(H,24,27)/t16-,20+/m1/s1. The van der Waals surface area contributed by atoms with Gasteiger partial charge in [-0.3, -0.25) is 19.4 Å². The second-order valence-corrected chi connectivity index (χ2v) is 7.09. The van der Waals surface area contributed by atoms with Gasteiger partial charge in [-0.1, -0.05) is 30.3 Å². The van der Waals surface area contributed by atoms with Crippen LogP contribution in [-0.2, 0) is 9.59 Å². The van der Waals surface area contributed by atoms with Gasteiger partial charge in [0.05, 0.1) is 30.0 Å². The summed E-state index contributed by atoms with van der Waals surface area (Å²) in [7, 11) is 0. The lowest BCUT2D eigenvalue weighted by Crippen LogP contribution is -2.51. The van der Waals surface area contributed by atoms with Crippen LogP contribution in [0.3, 0.4) is 0 Å². The lowest BCUT2D eigenvalue weighted by atomic mass is 9.88. The predicted octanol–water partition coefficient (Wildman–Crippen LogP) is 2.21. The highest BCUT2D eigenvalue weighted by Crippen LogP contribution is 2.37. The summed E-state index contributed by atoms with van der Waals surface area (Å²) in [6.45, 7) is 1.24. The maximum atomic E-state index is 14.6. The van der Waals surface area contributed by atoms with E-state index in [2.05, 4.69) is 10.3 Å². The average molecular weight is 384 g/mol. The quantitative estimate of drug-likeness (QED) is 0.792. The molecule has 3 N–H and O–H groups in total. The van der Waals surface area contributed by atoms with Crippen molar-refractivity contribution in [1.82, 2.24) is 9.88 Å². The van der Waals surface area contributed by atoms with Gasteiger partial charge in [0.2, 0.25) is 5.91 Å². The van der Waals surface area contributed by atoms with Crippen molar-refractivity contribution in [2.75, 3.05) is 11.9 Å². The molecular weight excluding hydrogens is 363 g/mol. The van der Waals surface area contributed by atoms with Crippen LogP contribution in [0.2, 0.25) is 0 Å². The van der Waals surface area contributed by atoms with E-state index in [1.54, 1.807) is 0 Å². The molecule has 0 saturated carbocycles. The van der Waals surface area contributed by atoms with Gasteiger partial charge in [-0.15, -0.1) is 0 Å². The number of amides is 3. The first-order chi connectivity index (χ1) is 13.3. The summed E-state index contributed by atoms with van der Waals surface area (Å²) in [5.74, 6) is -2.48. The largest absolute Gasteiger partial charge is 0.366 e. The van der Waals surface area contributed by atoms with E-state index < -0.39 is 29.4 Å². The monoisotopic (exact) mass is 384 g/mol. The van der Waals surface area contributed by atoms with Crippen molar-refractivity contribution in [3.63, 3.8) is 0 Å². The third-order valence-electron chi connectivity index (χ3n) is 4.74. The van der Waals surface area contributed by atoms with E-state index in [-0.39, 0.29) is 17.8 Å². The number of alkyl halides is 1. The second kappa shape index (κ2) is 7.75. The SMILES string of the molecule is C[C@]1(F)CC[C@H](c2ccccc2)N(C(=O)C(=O)Nc2cncc(C(N)=O)c2)C1. The number of nitrogens with zero attached hydrogens (tertiary/aromatic N) is 2. The van der Waals surface area contributed by atoms with Gasteiger partial charge in [-0.2, -0.15) is 0 Å². The third kappa shape index (κ3) is 4.33. The van der Waals surface area contributed by atoms with E-state index in [1.807, 2.05) is 30.3 Å². The minimum Gasteiger partial charge on any atom is -0.366 e. The molecule has 2 aromatic rings. The topological polar surface area (TPSA) is 105 Å². The number of nitrogens with one attached hydrogen (secondary N) is 1. The number of carbonyl (C=O) groups excluding carboxylic acids is 3. The van der Waals surface area contributed by atoms with Crippen LogP contribution >= 0.6 is 0 Å². The first-order valence-electron chi connectivity index (χ1n) is 8.87. The molecule has 2 heterocycles. The van der Waals surface area contributed by atoms with E-state index in [0.29, 0.717) is 12.8 Å².